The maximum absolute atomic E-state index is 12.7. The van der Waals surface area contributed by atoms with E-state index in [9.17, 15) is 9.59 Å². The fraction of sp³-hybridized carbons (Fsp3) is 0.600. The van der Waals surface area contributed by atoms with Crippen LogP contribution in [-0.4, -0.2) is 56.0 Å². The number of hydrogen-bond acceptors (Lipinski definition) is 4. The minimum atomic E-state index is -0.408. The molecule has 6 heteroatoms. The fourth-order valence-corrected chi connectivity index (χ4v) is 4.04. The van der Waals surface area contributed by atoms with Crippen LogP contribution in [0.2, 0.25) is 0 Å². The van der Waals surface area contributed by atoms with Crippen LogP contribution in [0.3, 0.4) is 0 Å². The lowest BCUT2D eigenvalue weighted by atomic mass is 9.84. The van der Waals surface area contributed by atoms with Crippen molar-refractivity contribution >= 4 is 17.5 Å². The molecule has 0 aromatic heterocycles. The van der Waals surface area contributed by atoms with Crippen molar-refractivity contribution in [3.05, 3.63) is 29.8 Å². The highest BCUT2D eigenvalue weighted by Gasteiger charge is 2.26. The molecule has 6 nitrogen and oxygen atoms in total. The van der Waals surface area contributed by atoms with Gasteiger partial charge in [0.05, 0.1) is 0 Å². The number of anilines is 1. The molecule has 0 saturated carbocycles. The van der Waals surface area contributed by atoms with Gasteiger partial charge in [-0.3, -0.25) is 9.59 Å². The Labute approximate surface area is 155 Å². The minimum absolute atomic E-state index is 0.291. The number of piperidine rings is 1. The summed E-state index contributed by atoms with van der Waals surface area (Å²) in [4.78, 5) is 28.1. The third kappa shape index (κ3) is 4.55. The van der Waals surface area contributed by atoms with Crippen molar-refractivity contribution in [2.75, 3.05) is 44.2 Å². The van der Waals surface area contributed by atoms with Crippen LogP contribution in [0.15, 0.2) is 24.3 Å². The lowest BCUT2D eigenvalue weighted by molar-refractivity contribution is -0.132. The molecule has 2 heterocycles. The van der Waals surface area contributed by atoms with Crippen LogP contribution in [0.4, 0.5) is 5.69 Å². The van der Waals surface area contributed by atoms with E-state index in [1.54, 1.807) is 12.1 Å². The molecule has 0 radical (unpaired) electrons. The van der Waals surface area contributed by atoms with Crippen LogP contribution < -0.4 is 16.0 Å². The summed E-state index contributed by atoms with van der Waals surface area (Å²) < 4.78 is 0. The van der Waals surface area contributed by atoms with Gasteiger partial charge in [-0.1, -0.05) is 6.92 Å². The first kappa shape index (κ1) is 18.7. The zero-order chi connectivity index (χ0) is 18.5. The zero-order valence-corrected chi connectivity index (χ0v) is 15.6. The Balaban J connectivity index is 1.48. The molecule has 2 aliphatic heterocycles. The van der Waals surface area contributed by atoms with E-state index in [1.165, 1.54) is 12.8 Å². The summed E-state index contributed by atoms with van der Waals surface area (Å²) in [6.45, 7) is 7.55. The predicted molar refractivity (Wildman–Crippen MR) is 103 cm³/mol. The molecule has 142 valence electrons. The lowest BCUT2D eigenvalue weighted by Crippen LogP contribution is -2.49. The van der Waals surface area contributed by atoms with Crippen molar-refractivity contribution in [3.8, 4) is 0 Å². The van der Waals surface area contributed by atoms with Crippen LogP contribution in [0.5, 0.6) is 0 Å². The Kier molecular flexibility index (Phi) is 6.14. The van der Waals surface area contributed by atoms with Crippen LogP contribution in [-0.2, 0) is 4.79 Å². The van der Waals surface area contributed by atoms with Crippen LogP contribution in [0, 0.1) is 11.8 Å². The number of nitrogens with one attached hydrogen (secondary N) is 1. The van der Waals surface area contributed by atoms with Crippen LogP contribution in [0.1, 0.15) is 36.5 Å². The summed E-state index contributed by atoms with van der Waals surface area (Å²) in [7, 11) is 0. The summed E-state index contributed by atoms with van der Waals surface area (Å²) in [6.07, 6.45) is 3.03. The van der Waals surface area contributed by atoms with E-state index in [4.69, 9.17) is 5.73 Å². The summed E-state index contributed by atoms with van der Waals surface area (Å²) in [5.74, 6) is 1.02. The van der Waals surface area contributed by atoms with E-state index >= 15 is 0 Å². The highest BCUT2D eigenvalue weighted by atomic mass is 16.2. The molecule has 0 spiro atoms. The molecule has 3 rings (SSSR count). The largest absolute Gasteiger partial charge is 0.368 e. The standard InChI is InChI=1S/C20H30N4O2/c1-15(16-6-8-22-9-7-16)14-19(25)24-12-10-23(11-13-24)18-4-2-17(3-5-18)20(21)26/h2-5,15-16,22H,6-14H2,1H3,(H2,21,26). The van der Waals surface area contributed by atoms with Gasteiger partial charge >= 0.3 is 0 Å². The first-order valence-electron chi connectivity index (χ1n) is 9.68. The van der Waals surface area contributed by atoms with Crippen molar-refractivity contribution in [1.29, 1.82) is 0 Å². The molecule has 1 unspecified atom stereocenters. The molecule has 2 saturated heterocycles. The van der Waals surface area contributed by atoms with Crippen LogP contribution in [0.25, 0.3) is 0 Å². The summed E-state index contributed by atoms with van der Waals surface area (Å²) in [5.41, 5.74) is 6.88. The average Bonchev–Trinajstić information content (AvgIpc) is 2.69. The third-order valence-electron chi connectivity index (χ3n) is 5.83. The van der Waals surface area contributed by atoms with Gasteiger partial charge in [0.1, 0.15) is 0 Å². The first-order chi connectivity index (χ1) is 12.5. The van der Waals surface area contributed by atoms with Crippen molar-refractivity contribution < 1.29 is 9.59 Å². The Hall–Kier alpha value is -2.08. The minimum Gasteiger partial charge on any atom is -0.368 e. The van der Waals surface area contributed by atoms with E-state index in [0.717, 1.165) is 45.0 Å². The van der Waals surface area contributed by atoms with Gasteiger partial charge < -0.3 is 20.9 Å². The lowest BCUT2D eigenvalue weighted by Gasteiger charge is -2.37. The predicted octanol–water partition coefficient (Wildman–Crippen LogP) is 1.46. The third-order valence-corrected chi connectivity index (χ3v) is 5.83. The number of hydrogen-bond donors (Lipinski definition) is 2. The second-order valence-corrected chi connectivity index (χ2v) is 7.55. The van der Waals surface area contributed by atoms with Crippen molar-refractivity contribution in [3.63, 3.8) is 0 Å². The molecular weight excluding hydrogens is 328 g/mol. The molecule has 2 amide bonds. The normalized spacial score (nSPS) is 20.0. The fourth-order valence-electron chi connectivity index (χ4n) is 4.04. The number of piperazine rings is 1. The molecular formula is C20H30N4O2. The van der Waals surface area contributed by atoms with Gasteiger partial charge in [0, 0.05) is 43.9 Å². The Morgan fingerprint density at radius 3 is 2.31 bits per heavy atom. The number of nitrogens with zero attached hydrogens (tertiary/aromatic N) is 2. The van der Waals surface area contributed by atoms with Gasteiger partial charge in [-0.05, 0) is 62.0 Å². The maximum Gasteiger partial charge on any atom is 0.248 e. The smallest absolute Gasteiger partial charge is 0.248 e. The van der Waals surface area contributed by atoms with Crippen molar-refractivity contribution in [2.45, 2.75) is 26.2 Å². The number of rotatable bonds is 5. The molecule has 1 atom stereocenters. The second kappa shape index (κ2) is 8.54. The van der Waals surface area contributed by atoms with E-state index in [2.05, 4.69) is 17.1 Å². The monoisotopic (exact) mass is 358 g/mol. The molecule has 1 aromatic carbocycles. The maximum atomic E-state index is 12.7. The average molecular weight is 358 g/mol. The Morgan fingerprint density at radius 2 is 1.73 bits per heavy atom. The van der Waals surface area contributed by atoms with Gasteiger partial charge in [0.2, 0.25) is 11.8 Å². The molecule has 0 bridgehead atoms. The number of carbonyl (C=O) groups is 2. The zero-order valence-electron chi connectivity index (χ0n) is 15.6. The topological polar surface area (TPSA) is 78.7 Å². The van der Waals surface area contributed by atoms with E-state index in [0.29, 0.717) is 29.7 Å². The second-order valence-electron chi connectivity index (χ2n) is 7.55. The summed E-state index contributed by atoms with van der Waals surface area (Å²) >= 11 is 0. The van der Waals surface area contributed by atoms with E-state index < -0.39 is 5.91 Å². The number of benzene rings is 1. The number of carbonyl (C=O) groups excluding carboxylic acids is 2. The Bertz CT molecular complexity index is 617. The molecule has 1 aromatic rings. The number of nitrogens with two attached hydrogens (primary N) is 1. The van der Waals surface area contributed by atoms with Gasteiger partial charge in [-0.25, -0.2) is 0 Å². The number of primary amides is 1. The van der Waals surface area contributed by atoms with Gasteiger partial charge in [-0.15, -0.1) is 0 Å². The molecule has 2 aliphatic rings. The van der Waals surface area contributed by atoms with E-state index in [1.807, 2.05) is 17.0 Å². The SMILES string of the molecule is CC(CC(=O)N1CCN(c2ccc(C(N)=O)cc2)CC1)C1CCNCC1. The van der Waals surface area contributed by atoms with Crippen LogP contribution >= 0.6 is 0 Å². The van der Waals surface area contributed by atoms with Crippen molar-refractivity contribution in [1.82, 2.24) is 10.2 Å². The molecule has 2 fully saturated rings. The molecule has 26 heavy (non-hydrogen) atoms. The summed E-state index contributed by atoms with van der Waals surface area (Å²) in [5, 5.41) is 3.39. The van der Waals surface area contributed by atoms with Crippen molar-refractivity contribution in [2.24, 2.45) is 17.6 Å². The van der Waals surface area contributed by atoms with Gasteiger partial charge in [0.25, 0.3) is 0 Å². The number of amides is 2. The quantitative estimate of drug-likeness (QED) is 0.835. The van der Waals surface area contributed by atoms with E-state index in [-0.39, 0.29) is 0 Å². The highest BCUT2D eigenvalue weighted by Crippen LogP contribution is 2.25. The first-order valence-corrected chi connectivity index (χ1v) is 9.68. The van der Waals surface area contributed by atoms with Gasteiger partial charge in [-0.2, -0.15) is 0 Å². The summed E-state index contributed by atoms with van der Waals surface area (Å²) in [6, 6.07) is 7.37. The highest BCUT2D eigenvalue weighted by molar-refractivity contribution is 5.93. The molecule has 3 N–H and O–H groups in total. The molecule has 0 aliphatic carbocycles. The van der Waals surface area contributed by atoms with Gasteiger partial charge in [0.15, 0.2) is 0 Å². The Morgan fingerprint density at radius 1 is 1.12 bits per heavy atom.